The lowest BCUT2D eigenvalue weighted by atomic mass is 10.2. The molecule has 0 saturated heterocycles. The van der Waals surface area contributed by atoms with Gasteiger partial charge in [0.25, 0.3) is 5.56 Å². The molecule has 0 amide bonds. The molecule has 0 atom stereocenters. The zero-order chi connectivity index (χ0) is 19.8. The van der Waals surface area contributed by atoms with E-state index >= 15 is 0 Å². The van der Waals surface area contributed by atoms with Gasteiger partial charge in [-0.15, -0.1) is 10.2 Å². The molecule has 0 aliphatic heterocycles. The number of rotatable bonds is 4. The second-order valence-electron chi connectivity index (χ2n) is 6.67. The molecule has 0 bridgehead atoms. The number of benzene rings is 2. The maximum absolute atomic E-state index is 13.3. The van der Waals surface area contributed by atoms with Crippen molar-refractivity contribution in [2.75, 3.05) is 0 Å². The van der Waals surface area contributed by atoms with E-state index in [1.165, 1.54) is 0 Å². The van der Waals surface area contributed by atoms with E-state index < -0.39 is 0 Å². The maximum atomic E-state index is 13.3. The monoisotopic (exact) mass is 399 g/mol. The van der Waals surface area contributed by atoms with Crippen LogP contribution in [0.15, 0.2) is 82.9 Å². The van der Waals surface area contributed by atoms with E-state index in [1.54, 1.807) is 22.5 Å². The van der Waals surface area contributed by atoms with E-state index in [9.17, 15) is 4.79 Å². The largest absolute Gasteiger partial charge is 0.268 e. The van der Waals surface area contributed by atoms with Crippen molar-refractivity contribution in [2.24, 2.45) is 0 Å². The number of thioether (sulfide) groups is 1. The Morgan fingerprint density at radius 2 is 1.72 bits per heavy atom. The summed E-state index contributed by atoms with van der Waals surface area (Å²) >= 11 is 1.55. The summed E-state index contributed by atoms with van der Waals surface area (Å²) in [7, 11) is 0. The first-order chi connectivity index (χ1) is 14.2. The van der Waals surface area contributed by atoms with Gasteiger partial charge in [0.2, 0.25) is 5.78 Å². The van der Waals surface area contributed by atoms with Crippen LogP contribution in [-0.4, -0.2) is 24.1 Å². The smallest absolute Gasteiger partial charge is 0.267 e. The van der Waals surface area contributed by atoms with Crippen LogP contribution in [0.4, 0.5) is 0 Å². The van der Waals surface area contributed by atoms with Crippen molar-refractivity contribution in [3.63, 3.8) is 0 Å². The van der Waals surface area contributed by atoms with Gasteiger partial charge in [0, 0.05) is 11.9 Å². The summed E-state index contributed by atoms with van der Waals surface area (Å²) in [4.78, 5) is 17.7. The number of hydrogen-bond donors (Lipinski definition) is 0. The first-order valence-electron chi connectivity index (χ1n) is 9.21. The van der Waals surface area contributed by atoms with Crippen LogP contribution in [-0.2, 0) is 5.75 Å². The van der Waals surface area contributed by atoms with E-state index in [4.69, 9.17) is 0 Å². The summed E-state index contributed by atoms with van der Waals surface area (Å²) in [5.41, 5.74) is 3.46. The highest BCUT2D eigenvalue weighted by molar-refractivity contribution is 7.98. The Hall–Kier alpha value is -3.45. The molecule has 5 aromatic rings. The molecule has 3 aromatic heterocycles. The molecule has 0 N–H and O–H groups in total. The van der Waals surface area contributed by atoms with Crippen LogP contribution in [0.1, 0.15) is 11.3 Å². The molecule has 0 saturated carbocycles. The number of aryl methyl sites for hydroxylation is 1. The fraction of sp³-hybridized carbons (Fsp3) is 0.0909. The van der Waals surface area contributed by atoms with Crippen LogP contribution in [0, 0.1) is 6.92 Å². The SMILES string of the molecule is Cc1ccccc1-n1c(=O)c2ccccc2n2c(SCc3ccccn3)nnc12. The third kappa shape index (κ3) is 3.00. The van der Waals surface area contributed by atoms with E-state index in [2.05, 4.69) is 15.2 Å². The molecule has 0 unspecified atom stereocenters. The third-order valence-electron chi connectivity index (χ3n) is 4.83. The van der Waals surface area contributed by atoms with Gasteiger partial charge >= 0.3 is 0 Å². The Balaban J connectivity index is 1.76. The maximum Gasteiger partial charge on any atom is 0.267 e. The first kappa shape index (κ1) is 17.6. The number of fused-ring (bicyclic) bond motifs is 3. The zero-order valence-electron chi connectivity index (χ0n) is 15.7. The Labute approximate surface area is 170 Å². The highest BCUT2D eigenvalue weighted by atomic mass is 32.2. The van der Waals surface area contributed by atoms with Crippen molar-refractivity contribution in [2.45, 2.75) is 17.8 Å². The lowest BCUT2D eigenvalue weighted by Crippen LogP contribution is -2.22. The van der Waals surface area contributed by atoms with Crippen molar-refractivity contribution in [1.29, 1.82) is 0 Å². The molecular weight excluding hydrogens is 382 g/mol. The first-order valence-corrected chi connectivity index (χ1v) is 10.2. The lowest BCUT2D eigenvalue weighted by molar-refractivity contribution is 0.927. The van der Waals surface area contributed by atoms with Crippen LogP contribution < -0.4 is 5.56 Å². The van der Waals surface area contributed by atoms with Crippen molar-refractivity contribution >= 4 is 28.4 Å². The van der Waals surface area contributed by atoms with Gasteiger partial charge in [-0.2, -0.15) is 0 Å². The van der Waals surface area contributed by atoms with Crippen molar-refractivity contribution in [1.82, 2.24) is 24.1 Å². The molecule has 0 aliphatic rings. The molecule has 2 aromatic carbocycles. The van der Waals surface area contributed by atoms with Gasteiger partial charge in [-0.25, -0.2) is 4.57 Å². The van der Waals surface area contributed by atoms with Crippen LogP contribution in [0.3, 0.4) is 0 Å². The molecule has 0 fully saturated rings. The van der Waals surface area contributed by atoms with E-state index in [1.807, 2.05) is 78.1 Å². The second-order valence-corrected chi connectivity index (χ2v) is 7.61. The zero-order valence-corrected chi connectivity index (χ0v) is 16.5. The third-order valence-corrected chi connectivity index (χ3v) is 5.79. The quantitative estimate of drug-likeness (QED) is 0.427. The van der Waals surface area contributed by atoms with Gasteiger partial charge in [0.05, 0.1) is 22.3 Å². The Bertz CT molecular complexity index is 1390. The normalized spacial score (nSPS) is 11.3. The minimum Gasteiger partial charge on any atom is -0.268 e. The van der Waals surface area contributed by atoms with Crippen LogP contribution in [0.5, 0.6) is 0 Å². The van der Waals surface area contributed by atoms with Crippen molar-refractivity contribution in [3.8, 4) is 5.69 Å². The highest BCUT2D eigenvalue weighted by Crippen LogP contribution is 2.25. The average molecular weight is 399 g/mol. The average Bonchev–Trinajstić information content (AvgIpc) is 3.18. The van der Waals surface area contributed by atoms with Crippen LogP contribution in [0.25, 0.3) is 22.4 Å². The van der Waals surface area contributed by atoms with Gasteiger partial charge < -0.3 is 0 Å². The number of pyridine rings is 1. The van der Waals surface area contributed by atoms with E-state index in [0.717, 1.165) is 27.6 Å². The molecule has 0 aliphatic carbocycles. The molecule has 0 radical (unpaired) electrons. The van der Waals surface area contributed by atoms with Gasteiger partial charge in [-0.3, -0.25) is 14.2 Å². The lowest BCUT2D eigenvalue weighted by Gasteiger charge is -2.13. The Kier molecular flexibility index (Phi) is 4.37. The minimum atomic E-state index is -0.101. The molecule has 0 spiro atoms. The van der Waals surface area contributed by atoms with Crippen LogP contribution >= 0.6 is 11.8 Å². The number of aromatic nitrogens is 5. The topological polar surface area (TPSA) is 65.1 Å². The summed E-state index contributed by atoms with van der Waals surface area (Å²) in [5.74, 6) is 1.17. The Morgan fingerprint density at radius 1 is 0.931 bits per heavy atom. The van der Waals surface area contributed by atoms with Crippen molar-refractivity contribution < 1.29 is 0 Å². The minimum absolute atomic E-state index is 0.101. The number of nitrogens with zero attached hydrogens (tertiary/aromatic N) is 5. The summed E-state index contributed by atoms with van der Waals surface area (Å²) in [6.45, 7) is 1.99. The van der Waals surface area contributed by atoms with Gasteiger partial charge in [0.1, 0.15) is 0 Å². The predicted octanol–water partition coefficient (Wildman–Crippen LogP) is 4.03. The molecule has 6 nitrogen and oxygen atoms in total. The van der Waals surface area contributed by atoms with E-state index in [-0.39, 0.29) is 5.56 Å². The second kappa shape index (κ2) is 7.18. The molecule has 3 heterocycles. The Morgan fingerprint density at radius 3 is 2.55 bits per heavy atom. The number of hydrogen-bond acceptors (Lipinski definition) is 5. The van der Waals surface area contributed by atoms with Gasteiger partial charge in [0.15, 0.2) is 5.16 Å². The standard InChI is InChI=1S/C22H17N5OS/c1-15-8-2-4-11-18(15)26-20(28)17-10-3-5-12-19(17)27-21(26)24-25-22(27)29-14-16-9-6-7-13-23-16/h2-13H,14H2,1H3. The fourth-order valence-electron chi connectivity index (χ4n) is 3.43. The molecule has 29 heavy (non-hydrogen) atoms. The number of para-hydroxylation sites is 2. The van der Waals surface area contributed by atoms with Gasteiger partial charge in [-0.05, 0) is 42.8 Å². The summed E-state index contributed by atoms with van der Waals surface area (Å²) in [6, 6.07) is 21.2. The highest BCUT2D eigenvalue weighted by Gasteiger charge is 2.18. The molecule has 5 rings (SSSR count). The predicted molar refractivity (Wildman–Crippen MR) is 115 cm³/mol. The van der Waals surface area contributed by atoms with Gasteiger partial charge in [-0.1, -0.05) is 48.2 Å². The summed E-state index contributed by atoms with van der Waals surface area (Å²) in [6.07, 6.45) is 1.78. The molecule has 7 heteroatoms. The van der Waals surface area contributed by atoms with Crippen LogP contribution in [0.2, 0.25) is 0 Å². The molecule has 142 valence electrons. The summed E-state index contributed by atoms with van der Waals surface area (Å²) in [5, 5.41) is 10.2. The van der Waals surface area contributed by atoms with E-state index in [0.29, 0.717) is 16.9 Å². The van der Waals surface area contributed by atoms with Crippen molar-refractivity contribution in [3.05, 3.63) is 94.5 Å². The summed E-state index contributed by atoms with van der Waals surface area (Å²) < 4.78 is 3.60. The fourth-order valence-corrected chi connectivity index (χ4v) is 4.28. The molecular formula is C22H17N5OS.